The van der Waals surface area contributed by atoms with Gasteiger partial charge in [0.25, 0.3) is 0 Å². The van der Waals surface area contributed by atoms with E-state index >= 15 is 0 Å². The highest BCUT2D eigenvalue weighted by atomic mass is 16.5. The fraction of sp³-hybridized carbons (Fsp3) is 0.921. The van der Waals surface area contributed by atoms with E-state index in [1.807, 2.05) is 0 Å². The van der Waals surface area contributed by atoms with E-state index in [2.05, 4.69) is 19.2 Å². The number of carboxylic acids is 1. The molecule has 6 heteroatoms. The normalized spacial score (nSPS) is 11.9. The summed E-state index contributed by atoms with van der Waals surface area (Å²) in [5.74, 6) is -1.31. The molecule has 0 heterocycles. The molecule has 0 spiro atoms. The molecular weight excluding hydrogens is 550 g/mol. The van der Waals surface area contributed by atoms with E-state index in [1.165, 1.54) is 128 Å². The zero-order chi connectivity index (χ0) is 32.4. The molecule has 1 unspecified atom stereocenters. The number of hydrogen-bond donors (Lipinski definition) is 2. The SMILES string of the molecule is CCCCCCCCCCCCCCCCCCCCCCCCC(=O)OC(CCCC)CCCCCC(=O)NCC(=O)O. The largest absolute Gasteiger partial charge is 0.480 e. The van der Waals surface area contributed by atoms with Gasteiger partial charge in [-0.2, -0.15) is 0 Å². The highest BCUT2D eigenvalue weighted by Crippen LogP contribution is 2.18. The van der Waals surface area contributed by atoms with Crippen molar-refractivity contribution in [2.75, 3.05) is 6.54 Å². The lowest BCUT2D eigenvalue weighted by atomic mass is 10.0. The number of esters is 1. The molecule has 0 radical (unpaired) electrons. The van der Waals surface area contributed by atoms with Gasteiger partial charge >= 0.3 is 11.9 Å². The molecule has 1 amide bonds. The van der Waals surface area contributed by atoms with Gasteiger partial charge in [-0.15, -0.1) is 0 Å². The van der Waals surface area contributed by atoms with Crippen LogP contribution in [0.25, 0.3) is 0 Å². The van der Waals surface area contributed by atoms with Crippen molar-refractivity contribution in [3.05, 3.63) is 0 Å². The molecule has 0 aromatic heterocycles. The van der Waals surface area contributed by atoms with E-state index in [0.717, 1.165) is 57.8 Å². The van der Waals surface area contributed by atoms with Gasteiger partial charge in [-0.3, -0.25) is 14.4 Å². The van der Waals surface area contributed by atoms with E-state index in [9.17, 15) is 14.4 Å². The summed E-state index contributed by atoms with van der Waals surface area (Å²) < 4.78 is 5.81. The number of amides is 1. The van der Waals surface area contributed by atoms with Crippen molar-refractivity contribution in [1.82, 2.24) is 5.32 Å². The van der Waals surface area contributed by atoms with Crippen LogP contribution in [-0.2, 0) is 19.1 Å². The van der Waals surface area contributed by atoms with Gasteiger partial charge in [0, 0.05) is 12.8 Å². The summed E-state index contributed by atoms with van der Waals surface area (Å²) in [7, 11) is 0. The van der Waals surface area contributed by atoms with Crippen LogP contribution < -0.4 is 5.32 Å². The van der Waals surface area contributed by atoms with E-state index in [4.69, 9.17) is 9.84 Å². The van der Waals surface area contributed by atoms with Gasteiger partial charge in [-0.05, 0) is 32.1 Å². The fourth-order valence-corrected chi connectivity index (χ4v) is 5.91. The minimum atomic E-state index is -1.03. The fourth-order valence-electron chi connectivity index (χ4n) is 5.91. The smallest absolute Gasteiger partial charge is 0.322 e. The molecule has 1 atom stereocenters. The molecule has 0 aliphatic carbocycles. The van der Waals surface area contributed by atoms with Gasteiger partial charge in [-0.25, -0.2) is 0 Å². The summed E-state index contributed by atoms with van der Waals surface area (Å²) in [4.78, 5) is 34.5. The molecule has 6 nitrogen and oxygen atoms in total. The average molecular weight is 624 g/mol. The van der Waals surface area contributed by atoms with Crippen LogP contribution in [-0.4, -0.2) is 35.6 Å². The van der Waals surface area contributed by atoms with E-state index in [1.54, 1.807) is 0 Å². The second-order valence-corrected chi connectivity index (χ2v) is 13.2. The van der Waals surface area contributed by atoms with Crippen LogP contribution in [0.3, 0.4) is 0 Å². The summed E-state index contributed by atoms with van der Waals surface area (Å²) in [5, 5.41) is 11.0. The summed E-state index contributed by atoms with van der Waals surface area (Å²) in [6.45, 7) is 4.11. The Morgan fingerprint density at radius 1 is 0.500 bits per heavy atom. The second kappa shape index (κ2) is 34.3. The number of aliphatic carboxylic acids is 1. The van der Waals surface area contributed by atoms with Gasteiger partial charge in [-0.1, -0.05) is 168 Å². The Hall–Kier alpha value is -1.59. The molecule has 0 saturated carbocycles. The van der Waals surface area contributed by atoms with Crippen molar-refractivity contribution in [3.8, 4) is 0 Å². The van der Waals surface area contributed by atoms with Crippen molar-refractivity contribution < 1.29 is 24.2 Å². The minimum absolute atomic E-state index is 0.0250. The minimum Gasteiger partial charge on any atom is -0.480 e. The van der Waals surface area contributed by atoms with E-state index in [0.29, 0.717) is 12.8 Å². The molecule has 0 aromatic rings. The van der Waals surface area contributed by atoms with Crippen molar-refractivity contribution in [2.45, 2.75) is 219 Å². The van der Waals surface area contributed by atoms with E-state index < -0.39 is 5.97 Å². The predicted octanol–water partition coefficient (Wildman–Crippen LogP) is 11.2. The lowest BCUT2D eigenvalue weighted by Gasteiger charge is -2.18. The highest BCUT2D eigenvalue weighted by molar-refractivity contribution is 5.80. The number of carboxylic acid groups (broad SMARTS) is 1. The summed E-state index contributed by atoms with van der Waals surface area (Å²) in [6, 6.07) is 0. The third kappa shape index (κ3) is 33.3. The van der Waals surface area contributed by atoms with Crippen LogP contribution in [0.5, 0.6) is 0 Å². The third-order valence-electron chi connectivity index (χ3n) is 8.78. The lowest BCUT2D eigenvalue weighted by molar-refractivity contribution is -0.150. The maximum absolute atomic E-state index is 12.4. The highest BCUT2D eigenvalue weighted by Gasteiger charge is 2.14. The second-order valence-electron chi connectivity index (χ2n) is 13.2. The van der Waals surface area contributed by atoms with Gasteiger partial charge in [0.2, 0.25) is 5.91 Å². The summed E-state index contributed by atoms with van der Waals surface area (Å²) in [5.41, 5.74) is 0. The number of rotatable bonds is 35. The van der Waals surface area contributed by atoms with E-state index in [-0.39, 0.29) is 24.5 Å². The molecule has 0 aliphatic heterocycles. The van der Waals surface area contributed by atoms with Gasteiger partial charge in [0.1, 0.15) is 12.6 Å². The van der Waals surface area contributed by atoms with Gasteiger partial charge in [0.15, 0.2) is 0 Å². The molecule has 0 bridgehead atoms. The van der Waals surface area contributed by atoms with Crippen LogP contribution in [0.2, 0.25) is 0 Å². The maximum atomic E-state index is 12.4. The first kappa shape index (κ1) is 42.4. The average Bonchev–Trinajstić information content (AvgIpc) is 3.00. The summed E-state index contributed by atoms with van der Waals surface area (Å²) in [6.07, 6.45) is 37.2. The Labute approximate surface area is 272 Å². The topological polar surface area (TPSA) is 92.7 Å². The first-order valence-electron chi connectivity index (χ1n) is 19.2. The van der Waals surface area contributed by atoms with Gasteiger partial charge < -0.3 is 15.2 Å². The monoisotopic (exact) mass is 624 g/mol. The molecule has 0 aliphatic rings. The zero-order valence-electron chi connectivity index (χ0n) is 29.3. The third-order valence-corrected chi connectivity index (χ3v) is 8.78. The Kier molecular flexibility index (Phi) is 33.0. The van der Waals surface area contributed by atoms with Crippen LogP contribution in [0.4, 0.5) is 0 Å². The van der Waals surface area contributed by atoms with Crippen molar-refractivity contribution in [1.29, 1.82) is 0 Å². The first-order chi connectivity index (χ1) is 21.5. The number of ether oxygens (including phenoxy) is 1. The van der Waals surface area contributed by atoms with Crippen molar-refractivity contribution in [3.63, 3.8) is 0 Å². The van der Waals surface area contributed by atoms with Crippen LogP contribution in [0.15, 0.2) is 0 Å². The lowest BCUT2D eigenvalue weighted by Crippen LogP contribution is -2.28. The maximum Gasteiger partial charge on any atom is 0.322 e. The van der Waals surface area contributed by atoms with Gasteiger partial charge in [0.05, 0.1) is 0 Å². The number of unbranched alkanes of at least 4 members (excludes halogenated alkanes) is 24. The van der Waals surface area contributed by atoms with Crippen molar-refractivity contribution in [2.24, 2.45) is 0 Å². The Morgan fingerprint density at radius 2 is 0.864 bits per heavy atom. The summed E-state index contributed by atoms with van der Waals surface area (Å²) >= 11 is 0. The molecule has 260 valence electrons. The molecular formula is C38H73NO5. The van der Waals surface area contributed by atoms with Crippen molar-refractivity contribution >= 4 is 17.8 Å². The molecule has 44 heavy (non-hydrogen) atoms. The first-order valence-corrected chi connectivity index (χ1v) is 19.2. The number of hydrogen-bond acceptors (Lipinski definition) is 4. The Bertz CT molecular complexity index is 653. The standard InChI is InChI=1S/C38H73NO5/c1-3-5-7-8-9-10-11-12-13-14-15-16-17-18-19-20-21-22-23-24-25-29-33-38(43)44-35(30-6-4-2)31-27-26-28-32-36(40)39-34-37(41)42/h35H,3-34H2,1-2H3,(H,39,40)(H,41,42). The zero-order valence-corrected chi connectivity index (χ0v) is 29.3. The quantitative estimate of drug-likeness (QED) is 0.0541. The molecule has 0 aromatic carbocycles. The molecule has 0 rings (SSSR count). The Morgan fingerprint density at radius 3 is 1.30 bits per heavy atom. The van der Waals surface area contributed by atoms with Crippen LogP contribution in [0, 0.1) is 0 Å². The van der Waals surface area contributed by atoms with Crippen LogP contribution >= 0.6 is 0 Å². The number of nitrogens with one attached hydrogen (secondary N) is 1. The molecule has 0 fully saturated rings. The number of carbonyl (C=O) groups is 3. The predicted molar refractivity (Wildman–Crippen MR) is 185 cm³/mol. The van der Waals surface area contributed by atoms with Crippen LogP contribution in [0.1, 0.15) is 213 Å². The Balaban J connectivity index is 3.55. The molecule has 0 saturated heterocycles. The number of carbonyl (C=O) groups excluding carboxylic acids is 2. The molecule has 2 N–H and O–H groups in total.